The topological polar surface area (TPSA) is 55.6 Å². The van der Waals surface area contributed by atoms with Gasteiger partial charge in [0.2, 0.25) is 5.16 Å². The molecule has 1 saturated heterocycles. The molecule has 1 aromatic carbocycles. The van der Waals surface area contributed by atoms with Crippen molar-refractivity contribution in [2.45, 2.75) is 35.5 Å². The third kappa shape index (κ3) is 2.70. The number of hydrogen-bond donors (Lipinski definition) is 1. The summed E-state index contributed by atoms with van der Waals surface area (Å²) in [6.07, 6.45) is 2.45. The molecule has 1 aliphatic heterocycles. The SMILES string of the molecule is c1ccc(Sc2nnnn2C[C@H]2CCCN2)cc1. The van der Waals surface area contributed by atoms with Gasteiger partial charge in [-0.1, -0.05) is 18.2 Å². The standard InChI is InChI=1S/C12H15N5S/c1-2-6-11(7-3-1)18-12-14-15-16-17(12)9-10-5-4-8-13-10/h1-3,6-7,10,13H,4-5,8-9H2/t10-/m1/s1. The molecule has 18 heavy (non-hydrogen) atoms. The minimum atomic E-state index is 0.503. The van der Waals surface area contributed by atoms with Gasteiger partial charge in [0.15, 0.2) is 0 Å². The van der Waals surface area contributed by atoms with Crippen LogP contribution in [0.2, 0.25) is 0 Å². The Hall–Kier alpha value is -1.40. The Morgan fingerprint density at radius 1 is 1.33 bits per heavy atom. The van der Waals surface area contributed by atoms with Gasteiger partial charge < -0.3 is 5.32 Å². The van der Waals surface area contributed by atoms with Crippen molar-refractivity contribution >= 4 is 11.8 Å². The van der Waals surface area contributed by atoms with Crippen molar-refractivity contribution in [1.29, 1.82) is 0 Å². The minimum absolute atomic E-state index is 0.503. The fourth-order valence-corrected chi connectivity index (χ4v) is 2.90. The van der Waals surface area contributed by atoms with Crippen molar-refractivity contribution in [3.63, 3.8) is 0 Å². The van der Waals surface area contributed by atoms with Crippen LogP contribution in [-0.4, -0.2) is 32.8 Å². The van der Waals surface area contributed by atoms with Crippen LogP contribution in [-0.2, 0) is 6.54 Å². The quantitative estimate of drug-likeness (QED) is 0.905. The second kappa shape index (κ2) is 5.49. The maximum absolute atomic E-state index is 4.09. The highest BCUT2D eigenvalue weighted by atomic mass is 32.2. The van der Waals surface area contributed by atoms with Crippen molar-refractivity contribution in [1.82, 2.24) is 25.5 Å². The van der Waals surface area contributed by atoms with Crippen LogP contribution in [0.4, 0.5) is 0 Å². The molecule has 0 amide bonds. The van der Waals surface area contributed by atoms with Crippen molar-refractivity contribution < 1.29 is 0 Å². The Morgan fingerprint density at radius 3 is 3.00 bits per heavy atom. The molecular formula is C12H15N5S. The Balaban J connectivity index is 1.71. The molecule has 1 aromatic heterocycles. The maximum Gasteiger partial charge on any atom is 0.214 e. The van der Waals surface area contributed by atoms with Gasteiger partial charge in [-0.15, -0.1) is 5.10 Å². The third-order valence-corrected chi connectivity index (χ3v) is 3.99. The van der Waals surface area contributed by atoms with Crippen LogP contribution in [0.3, 0.4) is 0 Å². The molecular weight excluding hydrogens is 246 g/mol. The Bertz CT molecular complexity index is 492. The Kier molecular flexibility index (Phi) is 3.56. The normalized spacial score (nSPS) is 19.2. The van der Waals surface area contributed by atoms with E-state index in [0.717, 1.165) is 23.1 Å². The molecule has 94 valence electrons. The van der Waals surface area contributed by atoms with Crippen molar-refractivity contribution in [2.24, 2.45) is 0 Å². The summed E-state index contributed by atoms with van der Waals surface area (Å²) in [5.74, 6) is 0. The van der Waals surface area contributed by atoms with E-state index in [1.807, 2.05) is 22.9 Å². The first-order valence-corrected chi connectivity index (χ1v) is 6.96. The summed E-state index contributed by atoms with van der Waals surface area (Å²) >= 11 is 1.60. The van der Waals surface area contributed by atoms with Gasteiger partial charge in [-0.25, -0.2) is 4.68 Å². The smallest absolute Gasteiger partial charge is 0.214 e. The zero-order valence-corrected chi connectivity index (χ0v) is 10.8. The van der Waals surface area contributed by atoms with E-state index >= 15 is 0 Å². The lowest BCUT2D eigenvalue weighted by Crippen LogP contribution is -2.27. The number of nitrogens with zero attached hydrogens (tertiary/aromatic N) is 4. The van der Waals surface area contributed by atoms with Crippen LogP contribution in [0.25, 0.3) is 0 Å². The first kappa shape index (κ1) is 11.7. The molecule has 3 rings (SSSR count). The van der Waals surface area contributed by atoms with Crippen LogP contribution in [0, 0.1) is 0 Å². The van der Waals surface area contributed by atoms with Crippen LogP contribution in [0.1, 0.15) is 12.8 Å². The van der Waals surface area contributed by atoms with Gasteiger partial charge >= 0.3 is 0 Å². The first-order valence-electron chi connectivity index (χ1n) is 6.14. The van der Waals surface area contributed by atoms with Gasteiger partial charge in [-0.3, -0.25) is 0 Å². The molecule has 1 N–H and O–H groups in total. The minimum Gasteiger partial charge on any atom is -0.312 e. The molecule has 1 fully saturated rings. The highest BCUT2D eigenvalue weighted by Crippen LogP contribution is 2.25. The van der Waals surface area contributed by atoms with Gasteiger partial charge in [0.1, 0.15) is 0 Å². The fraction of sp³-hybridized carbons (Fsp3) is 0.417. The Morgan fingerprint density at radius 2 is 2.22 bits per heavy atom. The molecule has 2 heterocycles. The van der Waals surface area contributed by atoms with E-state index in [-0.39, 0.29) is 0 Å². The maximum atomic E-state index is 4.09. The fourth-order valence-electron chi connectivity index (χ4n) is 2.10. The summed E-state index contributed by atoms with van der Waals surface area (Å²) in [5, 5.41) is 16.3. The van der Waals surface area contributed by atoms with E-state index in [1.54, 1.807) is 11.8 Å². The predicted molar refractivity (Wildman–Crippen MR) is 69.4 cm³/mol. The number of nitrogens with one attached hydrogen (secondary N) is 1. The Labute approximate surface area is 110 Å². The summed E-state index contributed by atoms with van der Waals surface area (Å²) in [7, 11) is 0. The zero-order valence-electron chi connectivity index (χ0n) is 9.99. The van der Waals surface area contributed by atoms with Crippen LogP contribution in [0.15, 0.2) is 40.4 Å². The van der Waals surface area contributed by atoms with E-state index in [4.69, 9.17) is 0 Å². The average molecular weight is 261 g/mol. The summed E-state index contributed by atoms with van der Waals surface area (Å²) in [5.41, 5.74) is 0. The lowest BCUT2D eigenvalue weighted by atomic mass is 10.2. The van der Waals surface area contributed by atoms with Crippen LogP contribution < -0.4 is 5.32 Å². The molecule has 1 aliphatic rings. The largest absolute Gasteiger partial charge is 0.312 e. The first-order chi connectivity index (χ1) is 8.92. The van der Waals surface area contributed by atoms with Gasteiger partial charge in [0.25, 0.3) is 0 Å². The van der Waals surface area contributed by atoms with Crippen LogP contribution >= 0.6 is 11.8 Å². The second-order valence-electron chi connectivity index (χ2n) is 4.35. The van der Waals surface area contributed by atoms with Crippen LogP contribution in [0.5, 0.6) is 0 Å². The number of benzene rings is 1. The predicted octanol–water partition coefficient (Wildman–Crippen LogP) is 1.58. The molecule has 2 aromatic rings. The number of hydrogen-bond acceptors (Lipinski definition) is 5. The average Bonchev–Trinajstić information content (AvgIpc) is 3.04. The molecule has 0 unspecified atom stereocenters. The molecule has 6 heteroatoms. The van der Waals surface area contributed by atoms with Gasteiger partial charge in [0.05, 0.1) is 6.54 Å². The lowest BCUT2D eigenvalue weighted by Gasteiger charge is -2.10. The van der Waals surface area contributed by atoms with E-state index in [0.29, 0.717) is 6.04 Å². The lowest BCUT2D eigenvalue weighted by molar-refractivity contribution is 0.443. The molecule has 0 spiro atoms. The van der Waals surface area contributed by atoms with Gasteiger partial charge in [-0.05, 0) is 53.7 Å². The van der Waals surface area contributed by atoms with Crippen molar-refractivity contribution in [3.8, 4) is 0 Å². The van der Waals surface area contributed by atoms with Crippen molar-refractivity contribution in [2.75, 3.05) is 6.54 Å². The van der Waals surface area contributed by atoms with E-state index in [9.17, 15) is 0 Å². The molecule has 0 bridgehead atoms. The number of rotatable bonds is 4. The third-order valence-electron chi connectivity index (χ3n) is 3.01. The summed E-state index contributed by atoms with van der Waals surface area (Å²) in [4.78, 5) is 1.16. The molecule has 0 aliphatic carbocycles. The molecule has 1 atom stereocenters. The second-order valence-corrected chi connectivity index (χ2v) is 5.39. The summed E-state index contributed by atoms with van der Waals surface area (Å²) < 4.78 is 1.89. The number of tetrazole rings is 1. The molecule has 5 nitrogen and oxygen atoms in total. The zero-order chi connectivity index (χ0) is 12.2. The van der Waals surface area contributed by atoms with E-state index in [2.05, 4.69) is 33.0 Å². The van der Waals surface area contributed by atoms with Gasteiger partial charge in [0, 0.05) is 10.9 Å². The highest BCUT2D eigenvalue weighted by Gasteiger charge is 2.17. The summed E-state index contributed by atoms with van der Waals surface area (Å²) in [6.45, 7) is 1.95. The number of aromatic nitrogens is 4. The highest BCUT2D eigenvalue weighted by molar-refractivity contribution is 7.99. The monoisotopic (exact) mass is 261 g/mol. The molecule has 0 saturated carbocycles. The van der Waals surface area contributed by atoms with Crippen molar-refractivity contribution in [3.05, 3.63) is 30.3 Å². The van der Waals surface area contributed by atoms with Gasteiger partial charge in [-0.2, -0.15) is 0 Å². The van der Waals surface area contributed by atoms with E-state index in [1.165, 1.54) is 12.8 Å². The van der Waals surface area contributed by atoms with E-state index < -0.39 is 0 Å². The molecule has 0 radical (unpaired) electrons. The summed E-state index contributed by atoms with van der Waals surface area (Å²) in [6, 6.07) is 10.7.